The zero-order valence-corrected chi connectivity index (χ0v) is 47.8. The SMILES string of the molecule is CCCCCCCCCCC/C=C/C/C=C/CCCC(=O)OC[C@H](CO[C@H]1O[C@@H](CO[C@H]2O[C@@H](CO)[C@@H](O)C(O)C2O)[C@@H](O)C(O)C1O)OC(=O)CCCCCCCCCCCCCCCCCCCCCCCCC. The van der Waals surface area contributed by atoms with Crippen molar-refractivity contribution >= 4 is 11.9 Å². The second-order valence-electron chi connectivity index (χ2n) is 21.9. The van der Waals surface area contributed by atoms with Crippen molar-refractivity contribution in [3.63, 3.8) is 0 Å². The summed E-state index contributed by atoms with van der Waals surface area (Å²) in [5, 5.41) is 72.3. The maximum atomic E-state index is 13.1. The van der Waals surface area contributed by atoms with Gasteiger partial charge in [-0.15, -0.1) is 0 Å². The van der Waals surface area contributed by atoms with E-state index in [1.165, 1.54) is 180 Å². The molecule has 0 saturated carbocycles. The Labute approximate surface area is 460 Å². The first-order valence-electron chi connectivity index (χ1n) is 30.9. The van der Waals surface area contributed by atoms with Gasteiger partial charge in [0.05, 0.1) is 19.8 Å². The van der Waals surface area contributed by atoms with Gasteiger partial charge in [-0.3, -0.25) is 9.59 Å². The lowest BCUT2D eigenvalue weighted by Gasteiger charge is -2.42. The quantitative estimate of drug-likeness (QED) is 0.0171. The minimum atomic E-state index is -1.77. The van der Waals surface area contributed by atoms with Crippen LogP contribution in [-0.2, 0) is 38.0 Å². The molecule has 11 atom stereocenters. The Hall–Kier alpha value is -2.02. The molecule has 2 saturated heterocycles. The summed E-state index contributed by atoms with van der Waals surface area (Å²) in [4.78, 5) is 25.9. The average molecular weight is 1090 g/mol. The summed E-state index contributed by atoms with van der Waals surface area (Å²) < 4.78 is 33.7. The van der Waals surface area contributed by atoms with Crippen molar-refractivity contribution in [1.29, 1.82) is 0 Å². The molecule has 0 bridgehead atoms. The monoisotopic (exact) mass is 1080 g/mol. The number of carbonyl (C=O) groups is 2. The van der Waals surface area contributed by atoms with Crippen LogP contribution in [0.1, 0.15) is 258 Å². The summed E-state index contributed by atoms with van der Waals surface area (Å²) in [5.74, 6) is -0.963. The maximum Gasteiger partial charge on any atom is 0.306 e. The fourth-order valence-electron chi connectivity index (χ4n) is 9.91. The number of esters is 2. The van der Waals surface area contributed by atoms with E-state index in [9.17, 15) is 45.3 Å². The number of carbonyl (C=O) groups excluding carboxylic acids is 2. The number of aliphatic hydroxyl groups excluding tert-OH is 7. The molecule has 2 aliphatic heterocycles. The number of aliphatic hydroxyl groups is 7. The third kappa shape index (κ3) is 34.2. The number of hydrogen-bond donors (Lipinski definition) is 7. The van der Waals surface area contributed by atoms with Gasteiger partial charge in [-0.25, -0.2) is 0 Å². The van der Waals surface area contributed by atoms with E-state index in [1.54, 1.807) is 0 Å². The van der Waals surface area contributed by atoms with Gasteiger partial charge in [0.25, 0.3) is 0 Å². The summed E-state index contributed by atoms with van der Waals surface area (Å²) in [6, 6.07) is 0. The van der Waals surface area contributed by atoms with Crippen LogP contribution < -0.4 is 0 Å². The smallest absolute Gasteiger partial charge is 0.306 e. The van der Waals surface area contributed by atoms with Crippen LogP contribution in [0, 0.1) is 0 Å². The molecular weight excluding hydrogens is 973 g/mol. The first kappa shape index (κ1) is 70.1. The fourth-order valence-corrected chi connectivity index (χ4v) is 9.91. The van der Waals surface area contributed by atoms with Crippen LogP contribution in [0.2, 0.25) is 0 Å². The van der Waals surface area contributed by atoms with Gasteiger partial charge in [0.15, 0.2) is 18.7 Å². The molecule has 2 heterocycles. The van der Waals surface area contributed by atoms with Crippen LogP contribution >= 0.6 is 0 Å². The van der Waals surface area contributed by atoms with Crippen molar-refractivity contribution in [1.82, 2.24) is 0 Å². The highest BCUT2D eigenvalue weighted by atomic mass is 16.7. The largest absolute Gasteiger partial charge is 0.462 e. The molecule has 0 aromatic carbocycles. The van der Waals surface area contributed by atoms with E-state index in [1.807, 2.05) is 0 Å². The molecule has 2 aliphatic rings. The van der Waals surface area contributed by atoms with E-state index in [2.05, 4.69) is 38.2 Å². The molecule has 0 radical (unpaired) electrons. The van der Waals surface area contributed by atoms with E-state index < -0.39 is 99.3 Å². The molecule has 2 rings (SSSR count). The number of hydrogen-bond acceptors (Lipinski definition) is 15. The number of rotatable bonds is 50. The average Bonchev–Trinajstić information content (AvgIpc) is 3.42. The van der Waals surface area contributed by atoms with Gasteiger partial charge in [-0.2, -0.15) is 0 Å². The van der Waals surface area contributed by atoms with E-state index in [0.29, 0.717) is 19.3 Å². The molecule has 2 fully saturated rings. The van der Waals surface area contributed by atoms with Gasteiger partial charge in [-0.05, 0) is 38.5 Å². The first-order valence-corrected chi connectivity index (χ1v) is 30.9. The Kier molecular flexibility index (Phi) is 44.0. The van der Waals surface area contributed by atoms with Gasteiger partial charge in [0.1, 0.15) is 55.4 Å². The fraction of sp³-hybridized carbons (Fsp3) is 0.902. The Bertz CT molecular complexity index is 1410. The third-order valence-corrected chi connectivity index (χ3v) is 14.9. The summed E-state index contributed by atoms with van der Waals surface area (Å²) in [6.07, 6.45) is 36.4. The standard InChI is InChI=1S/C61H112O15/c1-3-5-7-9-11-13-15-17-19-21-22-23-24-25-26-28-30-32-34-36-38-40-42-44-53(64)74-49(46-71-52(63)43-41-39-37-35-33-31-29-27-20-18-16-14-12-10-8-6-4-2)47-72-60-59(70)57(68)55(66)51(76-60)48-73-61-58(69)56(67)54(65)50(45-62)75-61/h29,31,35,37,49-51,54-62,65-70H,3-28,30,32-34,36,38-48H2,1-2H3/b31-29+,37-35+/t49-,50+,51+,54-,55-,56?,57?,58?,59?,60+,61+/m1/s1. The van der Waals surface area contributed by atoms with Gasteiger partial charge in [0.2, 0.25) is 0 Å². The summed E-state index contributed by atoms with van der Waals surface area (Å²) >= 11 is 0. The highest BCUT2D eigenvalue weighted by Gasteiger charge is 2.47. The topological polar surface area (TPSA) is 231 Å². The molecule has 0 spiro atoms. The maximum absolute atomic E-state index is 13.1. The molecule has 446 valence electrons. The van der Waals surface area contributed by atoms with Crippen LogP contribution in [0.15, 0.2) is 24.3 Å². The van der Waals surface area contributed by atoms with Gasteiger partial charge in [-0.1, -0.05) is 231 Å². The first-order chi connectivity index (χ1) is 37.0. The highest BCUT2D eigenvalue weighted by molar-refractivity contribution is 5.70. The summed E-state index contributed by atoms with van der Waals surface area (Å²) in [7, 11) is 0. The van der Waals surface area contributed by atoms with E-state index in [4.69, 9.17) is 28.4 Å². The van der Waals surface area contributed by atoms with Crippen molar-refractivity contribution in [2.24, 2.45) is 0 Å². The minimum Gasteiger partial charge on any atom is -0.462 e. The minimum absolute atomic E-state index is 0.157. The van der Waals surface area contributed by atoms with Crippen LogP contribution in [-0.4, -0.2) is 142 Å². The Morgan fingerprint density at radius 3 is 1.26 bits per heavy atom. The number of ether oxygens (including phenoxy) is 6. The lowest BCUT2D eigenvalue weighted by molar-refractivity contribution is -0.332. The van der Waals surface area contributed by atoms with Crippen LogP contribution in [0.25, 0.3) is 0 Å². The summed E-state index contributed by atoms with van der Waals surface area (Å²) in [5.41, 5.74) is 0. The molecule has 0 aliphatic carbocycles. The lowest BCUT2D eigenvalue weighted by Crippen LogP contribution is -2.61. The number of allylic oxidation sites excluding steroid dienone is 4. The lowest BCUT2D eigenvalue weighted by atomic mass is 9.98. The zero-order valence-electron chi connectivity index (χ0n) is 47.8. The second-order valence-corrected chi connectivity index (χ2v) is 21.9. The van der Waals surface area contributed by atoms with Crippen molar-refractivity contribution in [3.8, 4) is 0 Å². The zero-order chi connectivity index (χ0) is 55.3. The Morgan fingerprint density at radius 2 is 0.803 bits per heavy atom. The normalized spacial score (nSPS) is 24.4. The molecule has 0 aromatic rings. The predicted octanol–water partition coefficient (Wildman–Crippen LogP) is 11.1. The second kappa shape index (κ2) is 47.8. The Balaban J connectivity index is 1.73. The van der Waals surface area contributed by atoms with Gasteiger partial charge >= 0.3 is 11.9 Å². The molecular formula is C61H112O15. The molecule has 4 unspecified atom stereocenters. The van der Waals surface area contributed by atoms with Crippen LogP contribution in [0.4, 0.5) is 0 Å². The third-order valence-electron chi connectivity index (χ3n) is 14.9. The molecule has 0 aromatic heterocycles. The van der Waals surface area contributed by atoms with E-state index >= 15 is 0 Å². The van der Waals surface area contributed by atoms with Crippen molar-refractivity contribution in [2.75, 3.05) is 26.4 Å². The van der Waals surface area contributed by atoms with Crippen molar-refractivity contribution in [3.05, 3.63) is 24.3 Å². The molecule has 7 N–H and O–H groups in total. The van der Waals surface area contributed by atoms with Crippen molar-refractivity contribution < 1.29 is 73.8 Å². The van der Waals surface area contributed by atoms with Crippen LogP contribution in [0.3, 0.4) is 0 Å². The molecule has 15 nitrogen and oxygen atoms in total. The van der Waals surface area contributed by atoms with Crippen LogP contribution in [0.5, 0.6) is 0 Å². The summed E-state index contributed by atoms with van der Waals surface area (Å²) in [6.45, 7) is 2.60. The highest BCUT2D eigenvalue weighted by Crippen LogP contribution is 2.27. The van der Waals surface area contributed by atoms with Gasteiger partial charge in [0, 0.05) is 12.8 Å². The molecule has 0 amide bonds. The van der Waals surface area contributed by atoms with E-state index in [-0.39, 0.29) is 19.4 Å². The van der Waals surface area contributed by atoms with Gasteiger partial charge < -0.3 is 64.2 Å². The molecule has 76 heavy (non-hydrogen) atoms. The van der Waals surface area contributed by atoms with E-state index in [0.717, 1.165) is 32.1 Å². The predicted molar refractivity (Wildman–Crippen MR) is 298 cm³/mol. The number of unbranched alkanes of at least 4 members (excludes halogenated alkanes) is 32. The Morgan fingerprint density at radius 1 is 0.421 bits per heavy atom. The van der Waals surface area contributed by atoms with Crippen molar-refractivity contribution in [2.45, 2.75) is 325 Å². The molecule has 15 heteroatoms.